The lowest BCUT2D eigenvalue weighted by atomic mass is 9.76. The third-order valence-electron chi connectivity index (χ3n) is 9.62. The molecule has 7 aromatic rings. The third kappa shape index (κ3) is 6.44. The molecule has 1 N–H and O–H groups in total. The lowest BCUT2D eigenvalue weighted by Crippen LogP contribution is -2.52. The van der Waals surface area contributed by atoms with Gasteiger partial charge in [0.2, 0.25) is 0 Å². The highest BCUT2D eigenvalue weighted by Crippen LogP contribution is 2.41. The summed E-state index contributed by atoms with van der Waals surface area (Å²) < 4.78 is 8.50. The molecular formula is C46H43N3O. The Labute approximate surface area is 296 Å². The number of rotatable bonds is 14. The van der Waals surface area contributed by atoms with Crippen LogP contribution in [-0.2, 0) is 22.2 Å². The minimum absolute atomic E-state index is 0.0708. The summed E-state index contributed by atoms with van der Waals surface area (Å²) in [6.45, 7) is 3.21. The SMILES string of the molecule is CCOC[C@H](Cc1cn(C(c2ccccc2)(c2ccccc2)c2ccccc2)cn1)NC(c1ccccc1)(c1ccccc1)c1ccccc1. The second-order valence-corrected chi connectivity index (χ2v) is 12.6. The number of imidazole rings is 1. The van der Waals surface area contributed by atoms with Crippen LogP contribution in [0.5, 0.6) is 0 Å². The summed E-state index contributed by atoms with van der Waals surface area (Å²) in [4.78, 5) is 5.12. The lowest BCUT2D eigenvalue weighted by Gasteiger charge is -2.40. The van der Waals surface area contributed by atoms with Gasteiger partial charge in [0.05, 0.1) is 24.2 Å². The van der Waals surface area contributed by atoms with E-state index < -0.39 is 11.1 Å². The van der Waals surface area contributed by atoms with Gasteiger partial charge in [0, 0.05) is 25.3 Å². The van der Waals surface area contributed by atoms with E-state index in [0.717, 1.165) is 5.69 Å². The zero-order valence-corrected chi connectivity index (χ0v) is 28.5. The molecule has 0 saturated heterocycles. The summed E-state index contributed by atoms with van der Waals surface area (Å²) >= 11 is 0. The van der Waals surface area contributed by atoms with Gasteiger partial charge in [-0.25, -0.2) is 4.98 Å². The van der Waals surface area contributed by atoms with E-state index in [4.69, 9.17) is 9.72 Å². The van der Waals surface area contributed by atoms with Crippen LogP contribution in [0, 0.1) is 0 Å². The van der Waals surface area contributed by atoms with E-state index in [0.29, 0.717) is 19.6 Å². The largest absolute Gasteiger partial charge is 0.380 e. The number of hydrogen-bond acceptors (Lipinski definition) is 3. The van der Waals surface area contributed by atoms with Gasteiger partial charge in [-0.15, -0.1) is 0 Å². The number of benzene rings is 6. The van der Waals surface area contributed by atoms with Gasteiger partial charge in [-0.2, -0.15) is 0 Å². The molecule has 0 radical (unpaired) electrons. The van der Waals surface area contributed by atoms with E-state index in [-0.39, 0.29) is 6.04 Å². The van der Waals surface area contributed by atoms with Gasteiger partial charge < -0.3 is 9.30 Å². The summed E-state index contributed by atoms with van der Waals surface area (Å²) in [5.41, 5.74) is 6.74. The molecule has 0 saturated carbocycles. The van der Waals surface area contributed by atoms with Gasteiger partial charge >= 0.3 is 0 Å². The first-order chi connectivity index (χ1) is 24.7. The maximum Gasteiger partial charge on any atom is 0.121 e. The molecule has 0 aliphatic carbocycles. The topological polar surface area (TPSA) is 39.1 Å². The fourth-order valence-corrected chi connectivity index (χ4v) is 7.42. The number of aromatic nitrogens is 2. The Morgan fingerprint density at radius 2 is 0.900 bits per heavy atom. The van der Waals surface area contributed by atoms with Crippen LogP contribution in [-0.4, -0.2) is 28.8 Å². The molecule has 0 unspecified atom stereocenters. The Balaban J connectivity index is 1.35. The van der Waals surface area contributed by atoms with E-state index in [1.165, 1.54) is 33.4 Å². The van der Waals surface area contributed by atoms with Crippen molar-refractivity contribution in [2.75, 3.05) is 13.2 Å². The summed E-state index contributed by atoms with van der Waals surface area (Å²) in [6.07, 6.45) is 4.89. The molecule has 50 heavy (non-hydrogen) atoms. The van der Waals surface area contributed by atoms with Crippen molar-refractivity contribution in [2.45, 2.75) is 30.5 Å². The van der Waals surface area contributed by atoms with E-state index in [1.807, 2.05) is 6.33 Å². The average molecular weight is 654 g/mol. The third-order valence-corrected chi connectivity index (χ3v) is 9.62. The fraction of sp³-hybridized carbons (Fsp3) is 0.152. The van der Waals surface area contributed by atoms with E-state index in [2.05, 4.69) is 205 Å². The number of nitrogens with one attached hydrogen (secondary N) is 1. The van der Waals surface area contributed by atoms with E-state index in [9.17, 15) is 0 Å². The smallest absolute Gasteiger partial charge is 0.121 e. The molecule has 1 aromatic heterocycles. The van der Waals surface area contributed by atoms with Gasteiger partial charge in [-0.1, -0.05) is 182 Å². The molecular weight excluding hydrogens is 611 g/mol. The molecule has 1 heterocycles. The van der Waals surface area contributed by atoms with Crippen LogP contribution in [0.3, 0.4) is 0 Å². The normalized spacial score (nSPS) is 12.4. The van der Waals surface area contributed by atoms with E-state index in [1.54, 1.807) is 0 Å². The molecule has 0 fully saturated rings. The van der Waals surface area contributed by atoms with Crippen molar-refractivity contribution in [2.24, 2.45) is 0 Å². The molecule has 0 spiro atoms. The van der Waals surface area contributed by atoms with Crippen LogP contribution >= 0.6 is 0 Å². The van der Waals surface area contributed by atoms with Crippen molar-refractivity contribution in [3.05, 3.63) is 234 Å². The van der Waals surface area contributed by atoms with Gasteiger partial charge in [-0.3, -0.25) is 5.32 Å². The minimum Gasteiger partial charge on any atom is -0.380 e. The highest BCUT2D eigenvalue weighted by atomic mass is 16.5. The Hall–Kier alpha value is -5.55. The highest BCUT2D eigenvalue weighted by molar-refractivity contribution is 5.52. The van der Waals surface area contributed by atoms with Crippen LogP contribution in [0.2, 0.25) is 0 Å². The molecule has 248 valence electrons. The van der Waals surface area contributed by atoms with Crippen LogP contribution in [0.4, 0.5) is 0 Å². The average Bonchev–Trinajstić information content (AvgIpc) is 3.67. The van der Waals surface area contributed by atoms with Gasteiger partial charge in [-0.05, 0) is 40.3 Å². The van der Waals surface area contributed by atoms with Crippen LogP contribution in [0.1, 0.15) is 46.0 Å². The van der Waals surface area contributed by atoms with Crippen LogP contribution in [0.25, 0.3) is 0 Å². The predicted octanol–water partition coefficient (Wildman–Crippen LogP) is 9.25. The first kappa shape index (κ1) is 33.0. The van der Waals surface area contributed by atoms with Crippen LogP contribution in [0.15, 0.2) is 195 Å². The van der Waals surface area contributed by atoms with E-state index >= 15 is 0 Å². The standard InChI is InChI=1S/C46H43N3O/c1-2-50-35-44(48-45(37-21-9-3-10-22-37,38-23-11-4-12-24-38)39-25-13-5-14-26-39)33-43-34-49(36-47-43)46(40-27-15-6-16-28-40,41-29-17-7-18-30-41)42-31-19-8-20-32-42/h3-32,34,36,44,48H,2,33,35H2,1H3/t44-/m0/s1. The molecule has 7 rings (SSSR count). The molecule has 4 nitrogen and oxygen atoms in total. The minimum atomic E-state index is -0.629. The maximum atomic E-state index is 6.21. The zero-order valence-electron chi connectivity index (χ0n) is 28.5. The molecule has 0 amide bonds. The van der Waals surface area contributed by atoms with Gasteiger partial charge in [0.1, 0.15) is 5.54 Å². The summed E-state index contributed by atoms with van der Waals surface area (Å²) in [5, 5.41) is 4.17. The second kappa shape index (κ2) is 15.3. The van der Waals surface area contributed by atoms with Crippen LogP contribution < -0.4 is 5.32 Å². The quantitative estimate of drug-likeness (QED) is 0.119. The monoisotopic (exact) mass is 653 g/mol. The molecule has 0 aliphatic heterocycles. The highest BCUT2D eigenvalue weighted by Gasteiger charge is 2.40. The molecule has 0 aliphatic rings. The van der Waals surface area contributed by atoms with Crippen molar-refractivity contribution in [1.29, 1.82) is 0 Å². The zero-order chi connectivity index (χ0) is 34.1. The first-order valence-electron chi connectivity index (χ1n) is 17.5. The van der Waals surface area contributed by atoms with Crippen molar-refractivity contribution in [3.63, 3.8) is 0 Å². The summed E-state index contributed by atoms with van der Waals surface area (Å²) in [5.74, 6) is 0. The van der Waals surface area contributed by atoms with Crippen molar-refractivity contribution < 1.29 is 4.74 Å². The second-order valence-electron chi connectivity index (χ2n) is 12.6. The number of hydrogen-bond donors (Lipinski definition) is 1. The number of ether oxygens (including phenoxy) is 1. The maximum absolute atomic E-state index is 6.21. The lowest BCUT2D eigenvalue weighted by molar-refractivity contribution is 0.115. The van der Waals surface area contributed by atoms with Crippen molar-refractivity contribution in [3.8, 4) is 0 Å². The van der Waals surface area contributed by atoms with Gasteiger partial charge in [0.25, 0.3) is 0 Å². The van der Waals surface area contributed by atoms with Gasteiger partial charge in [0.15, 0.2) is 0 Å². The predicted molar refractivity (Wildman–Crippen MR) is 203 cm³/mol. The molecule has 0 bridgehead atoms. The fourth-order valence-electron chi connectivity index (χ4n) is 7.42. The Morgan fingerprint density at radius 1 is 0.540 bits per heavy atom. The molecule has 6 aromatic carbocycles. The Bertz CT molecular complexity index is 1840. The Morgan fingerprint density at radius 3 is 1.26 bits per heavy atom. The number of nitrogens with zero attached hydrogens (tertiary/aromatic N) is 2. The first-order valence-corrected chi connectivity index (χ1v) is 17.5. The summed E-state index contributed by atoms with van der Waals surface area (Å²) in [6, 6.07) is 64.4. The molecule has 4 heteroatoms. The van der Waals surface area contributed by atoms with Crippen molar-refractivity contribution in [1.82, 2.24) is 14.9 Å². The van der Waals surface area contributed by atoms with Crippen molar-refractivity contribution >= 4 is 0 Å². The Kier molecular flexibility index (Phi) is 10.1. The summed E-state index contributed by atoms with van der Waals surface area (Å²) in [7, 11) is 0. The molecule has 1 atom stereocenters.